The van der Waals surface area contributed by atoms with Crippen LogP contribution in [0.4, 0.5) is 11.4 Å². The molecule has 0 fully saturated rings. The predicted molar refractivity (Wildman–Crippen MR) is 87.8 cm³/mol. The Morgan fingerprint density at radius 1 is 1.43 bits per heavy atom. The minimum Gasteiger partial charge on any atom is -0.376 e. The summed E-state index contributed by atoms with van der Waals surface area (Å²) in [5.74, 6) is 0.0900. The summed E-state index contributed by atoms with van der Waals surface area (Å²) < 4.78 is 0.724. The van der Waals surface area contributed by atoms with Gasteiger partial charge in [-0.3, -0.25) is 4.79 Å². The molecule has 1 aromatic carbocycles. The van der Waals surface area contributed by atoms with Crippen LogP contribution < -0.4 is 10.2 Å². The molecule has 1 aromatic heterocycles. The smallest absolute Gasteiger partial charge is 0.229 e. The SMILES string of the molecule is CN1C(=O)CC(Nc2cnc(Cl)c(Br)c2)c2ccccc21. The lowest BCUT2D eigenvalue weighted by Crippen LogP contribution is -2.35. The van der Waals surface area contributed by atoms with Crippen LogP contribution in [0, 0.1) is 0 Å². The van der Waals surface area contributed by atoms with Crippen molar-refractivity contribution in [3.63, 3.8) is 0 Å². The molecule has 2 heterocycles. The Morgan fingerprint density at radius 3 is 2.95 bits per heavy atom. The van der Waals surface area contributed by atoms with Gasteiger partial charge in [-0.2, -0.15) is 0 Å². The molecule has 108 valence electrons. The molecule has 0 spiro atoms. The highest BCUT2D eigenvalue weighted by atomic mass is 79.9. The summed E-state index contributed by atoms with van der Waals surface area (Å²) in [6.07, 6.45) is 2.08. The molecule has 1 aliphatic rings. The zero-order chi connectivity index (χ0) is 15.0. The molecular formula is C15H13BrClN3O. The van der Waals surface area contributed by atoms with Crippen molar-refractivity contribution in [3.8, 4) is 0 Å². The molecule has 3 rings (SSSR count). The van der Waals surface area contributed by atoms with Gasteiger partial charge in [0.25, 0.3) is 0 Å². The molecule has 1 amide bonds. The van der Waals surface area contributed by atoms with E-state index in [2.05, 4.69) is 26.2 Å². The number of hydrogen-bond acceptors (Lipinski definition) is 3. The highest BCUT2D eigenvalue weighted by Gasteiger charge is 2.28. The van der Waals surface area contributed by atoms with E-state index in [0.29, 0.717) is 11.6 Å². The third-order valence-electron chi connectivity index (χ3n) is 3.56. The van der Waals surface area contributed by atoms with E-state index in [9.17, 15) is 4.79 Å². The summed E-state index contributed by atoms with van der Waals surface area (Å²) in [5.41, 5.74) is 2.86. The largest absolute Gasteiger partial charge is 0.376 e. The summed E-state index contributed by atoms with van der Waals surface area (Å²) in [7, 11) is 1.80. The van der Waals surface area contributed by atoms with Gasteiger partial charge in [0.05, 0.1) is 28.8 Å². The van der Waals surface area contributed by atoms with Gasteiger partial charge in [0.15, 0.2) is 0 Å². The number of aromatic nitrogens is 1. The number of hydrogen-bond donors (Lipinski definition) is 1. The van der Waals surface area contributed by atoms with Crippen LogP contribution in [0.3, 0.4) is 0 Å². The summed E-state index contributed by atoms with van der Waals surface area (Å²) >= 11 is 9.25. The zero-order valence-electron chi connectivity index (χ0n) is 11.3. The van der Waals surface area contributed by atoms with E-state index in [1.165, 1.54) is 0 Å². The molecule has 2 aromatic rings. The molecule has 0 aliphatic carbocycles. The number of benzene rings is 1. The number of fused-ring (bicyclic) bond motifs is 1. The third kappa shape index (κ3) is 2.76. The molecule has 1 N–H and O–H groups in total. The van der Waals surface area contributed by atoms with Crippen molar-refractivity contribution in [1.29, 1.82) is 0 Å². The number of carbonyl (C=O) groups is 1. The number of para-hydroxylation sites is 1. The fraction of sp³-hybridized carbons (Fsp3) is 0.200. The number of pyridine rings is 1. The number of nitrogens with zero attached hydrogens (tertiary/aromatic N) is 2. The standard InChI is InChI=1S/C15H13BrClN3O/c1-20-13-5-3-2-4-10(13)12(7-14(20)21)19-9-6-11(16)15(17)18-8-9/h2-6,8,12,19H,7H2,1H3. The van der Waals surface area contributed by atoms with E-state index >= 15 is 0 Å². The number of rotatable bonds is 2. The molecule has 0 saturated heterocycles. The Hall–Kier alpha value is -1.59. The van der Waals surface area contributed by atoms with Gasteiger partial charge in [-0.15, -0.1) is 0 Å². The lowest BCUT2D eigenvalue weighted by atomic mass is 9.96. The van der Waals surface area contributed by atoms with Crippen molar-refractivity contribution >= 4 is 44.8 Å². The maximum atomic E-state index is 12.1. The van der Waals surface area contributed by atoms with Gasteiger partial charge in [0.2, 0.25) is 5.91 Å². The number of nitrogens with one attached hydrogen (secondary N) is 1. The quantitative estimate of drug-likeness (QED) is 0.817. The maximum absolute atomic E-state index is 12.1. The van der Waals surface area contributed by atoms with Crippen LogP contribution in [0.15, 0.2) is 41.0 Å². The molecule has 6 heteroatoms. The van der Waals surface area contributed by atoms with Crippen molar-refractivity contribution in [3.05, 3.63) is 51.7 Å². The predicted octanol–water partition coefficient (Wildman–Crippen LogP) is 4.02. The molecule has 0 bridgehead atoms. The second kappa shape index (κ2) is 5.66. The van der Waals surface area contributed by atoms with Crippen LogP contribution in [0.1, 0.15) is 18.0 Å². The van der Waals surface area contributed by atoms with Crippen molar-refractivity contribution in [1.82, 2.24) is 4.98 Å². The average molecular weight is 367 g/mol. The Labute approximate surface area is 136 Å². The van der Waals surface area contributed by atoms with E-state index in [-0.39, 0.29) is 11.9 Å². The van der Waals surface area contributed by atoms with Gasteiger partial charge in [-0.1, -0.05) is 29.8 Å². The molecule has 0 saturated carbocycles. The lowest BCUT2D eigenvalue weighted by molar-refractivity contribution is -0.118. The van der Waals surface area contributed by atoms with Gasteiger partial charge < -0.3 is 10.2 Å². The summed E-state index contributed by atoms with van der Waals surface area (Å²) in [6.45, 7) is 0. The topological polar surface area (TPSA) is 45.2 Å². The van der Waals surface area contributed by atoms with E-state index in [4.69, 9.17) is 11.6 Å². The van der Waals surface area contributed by atoms with Crippen LogP contribution in [-0.2, 0) is 4.79 Å². The lowest BCUT2D eigenvalue weighted by Gasteiger charge is -2.32. The van der Waals surface area contributed by atoms with Crippen LogP contribution in [0.5, 0.6) is 0 Å². The van der Waals surface area contributed by atoms with E-state index in [1.807, 2.05) is 30.3 Å². The molecule has 1 aliphatic heterocycles. The number of carbonyl (C=O) groups excluding carboxylic acids is 1. The average Bonchev–Trinajstić information content (AvgIpc) is 2.48. The first-order valence-electron chi connectivity index (χ1n) is 6.49. The summed E-state index contributed by atoms with van der Waals surface area (Å²) in [4.78, 5) is 17.9. The van der Waals surface area contributed by atoms with Gasteiger partial charge in [-0.25, -0.2) is 4.98 Å². The van der Waals surface area contributed by atoms with Crippen molar-refractivity contribution in [2.75, 3.05) is 17.3 Å². The number of anilines is 2. The summed E-state index contributed by atoms with van der Waals surface area (Å²) in [6, 6.07) is 9.70. The molecule has 21 heavy (non-hydrogen) atoms. The Balaban J connectivity index is 1.93. The second-order valence-electron chi connectivity index (χ2n) is 4.91. The van der Waals surface area contributed by atoms with Crippen molar-refractivity contribution in [2.45, 2.75) is 12.5 Å². The molecule has 0 radical (unpaired) electrons. The zero-order valence-corrected chi connectivity index (χ0v) is 13.6. The van der Waals surface area contributed by atoms with E-state index < -0.39 is 0 Å². The van der Waals surface area contributed by atoms with Gasteiger partial charge in [0.1, 0.15) is 5.15 Å². The molecule has 4 nitrogen and oxygen atoms in total. The Bertz CT molecular complexity index is 707. The first-order chi connectivity index (χ1) is 10.1. The first-order valence-corrected chi connectivity index (χ1v) is 7.66. The van der Waals surface area contributed by atoms with Gasteiger partial charge in [-0.05, 0) is 33.6 Å². The minimum atomic E-state index is -0.0697. The van der Waals surface area contributed by atoms with E-state index in [1.54, 1.807) is 18.1 Å². The van der Waals surface area contributed by atoms with E-state index in [0.717, 1.165) is 21.4 Å². The fourth-order valence-electron chi connectivity index (χ4n) is 2.47. The summed E-state index contributed by atoms with van der Waals surface area (Å²) in [5, 5.41) is 3.77. The van der Waals surface area contributed by atoms with Crippen LogP contribution >= 0.6 is 27.5 Å². The second-order valence-corrected chi connectivity index (χ2v) is 6.12. The normalized spacial score (nSPS) is 17.6. The van der Waals surface area contributed by atoms with Crippen molar-refractivity contribution < 1.29 is 4.79 Å². The van der Waals surface area contributed by atoms with Gasteiger partial charge >= 0.3 is 0 Å². The minimum absolute atomic E-state index is 0.0697. The highest BCUT2D eigenvalue weighted by molar-refractivity contribution is 9.10. The molecule has 1 unspecified atom stereocenters. The molecular weight excluding hydrogens is 354 g/mol. The fourth-order valence-corrected chi connectivity index (χ4v) is 2.93. The van der Waals surface area contributed by atoms with Crippen LogP contribution in [0.25, 0.3) is 0 Å². The monoisotopic (exact) mass is 365 g/mol. The first kappa shape index (κ1) is 14.4. The molecule has 1 atom stereocenters. The Kier molecular flexibility index (Phi) is 3.87. The van der Waals surface area contributed by atoms with Gasteiger partial charge in [0, 0.05) is 12.7 Å². The van der Waals surface area contributed by atoms with Crippen LogP contribution in [0.2, 0.25) is 5.15 Å². The third-order valence-corrected chi connectivity index (χ3v) is 4.70. The number of amides is 1. The number of halogens is 2. The van der Waals surface area contributed by atoms with Crippen molar-refractivity contribution in [2.24, 2.45) is 0 Å². The highest BCUT2D eigenvalue weighted by Crippen LogP contribution is 2.36. The van der Waals surface area contributed by atoms with Crippen LogP contribution in [-0.4, -0.2) is 17.9 Å². The Morgan fingerprint density at radius 2 is 2.19 bits per heavy atom. The maximum Gasteiger partial charge on any atom is 0.229 e.